The Morgan fingerprint density at radius 1 is 1.03 bits per heavy atom. The van der Waals surface area contributed by atoms with Crippen molar-refractivity contribution in [1.82, 2.24) is 4.90 Å². The molecule has 0 bridgehead atoms. The molecule has 0 unspecified atom stereocenters. The largest absolute Gasteiger partial charge is 0.494 e. The highest BCUT2D eigenvalue weighted by atomic mass is 16.5. The Bertz CT molecular complexity index is 1460. The molecule has 5 heteroatoms. The van der Waals surface area contributed by atoms with E-state index in [0.29, 0.717) is 19.8 Å². The zero-order chi connectivity index (χ0) is 25.9. The summed E-state index contributed by atoms with van der Waals surface area (Å²) in [6, 6.07) is 18.5. The van der Waals surface area contributed by atoms with Crippen LogP contribution in [0.2, 0.25) is 0 Å². The third kappa shape index (κ3) is 4.86. The molecule has 1 aliphatic rings. The highest BCUT2D eigenvalue weighted by molar-refractivity contribution is 6.01. The minimum Gasteiger partial charge on any atom is -0.494 e. The van der Waals surface area contributed by atoms with E-state index >= 15 is 0 Å². The van der Waals surface area contributed by atoms with Gasteiger partial charge in [0.05, 0.1) is 19.5 Å². The van der Waals surface area contributed by atoms with E-state index < -0.39 is 0 Å². The lowest BCUT2D eigenvalue weighted by atomic mass is 9.96. The number of furan rings is 1. The molecule has 37 heavy (non-hydrogen) atoms. The number of carbonyl (C=O) groups excluding carboxylic acids is 1. The van der Waals surface area contributed by atoms with Gasteiger partial charge in [0.2, 0.25) is 5.91 Å². The number of fused-ring (bicyclic) bond motifs is 2. The fourth-order valence-electron chi connectivity index (χ4n) is 5.10. The topological polar surface area (TPSA) is 51.9 Å². The van der Waals surface area contributed by atoms with Gasteiger partial charge in [0.1, 0.15) is 17.1 Å². The van der Waals surface area contributed by atoms with Gasteiger partial charge in [-0.25, -0.2) is 0 Å². The molecule has 1 amide bonds. The second-order valence-electron chi connectivity index (χ2n) is 9.40. The van der Waals surface area contributed by atoms with Gasteiger partial charge in [-0.2, -0.15) is 0 Å². The summed E-state index contributed by atoms with van der Waals surface area (Å²) in [5, 5.41) is 0.993. The Balaban J connectivity index is 1.52. The average molecular weight is 496 g/mol. The molecule has 3 aromatic carbocycles. The zero-order valence-electron chi connectivity index (χ0n) is 22.0. The molecule has 2 heterocycles. The predicted molar refractivity (Wildman–Crippen MR) is 148 cm³/mol. The van der Waals surface area contributed by atoms with Gasteiger partial charge >= 0.3 is 0 Å². The standard InChI is InChI=1S/C32H33NO4/c1-5-35-26-13-11-24(12-14-26)29-20-37-32-22(4)31(36-6-2)27(18-28(29)32)21(3)17-30(34)33-16-15-23-9-7-8-10-25(23)19-33/h7-14,17-18,20H,5-6,15-16,19H2,1-4H3/b21-17+. The maximum absolute atomic E-state index is 13.3. The van der Waals surface area contributed by atoms with Crippen LogP contribution in [0.15, 0.2) is 71.4 Å². The van der Waals surface area contributed by atoms with E-state index in [1.54, 1.807) is 12.3 Å². The Kier molecular flexibility index (Phi) is 7.04. The SMILES string of the molecule is CCOc1ccc(-c2coc3c(C)c(OCC)c(/C(C)=C/C(=O)N4CCc5ccccc5C4)cc23)cc1. The molecular formula is C32H33NO4. The highest BCUT2D eigenvalue weighted by Crippen LogP contribution is 2.41. The maximum Gasteiger partial charge on any atom is 0.247 e. The molecule has 0 saturated carbocycles. The Morgan fingerprint density at radius 2 is 1.76 bits per heavy atom. The summed E-state index contributed by atoms with van der Waals surface area (Å²) in [6.07, 6.45) is 4.42. The van der Waals surface area contributed by atoms with Gasteiger partial charge in [0.25, 0.3) is 0 Å². The first-order valence-corrected chi connectivity index (χ1v) is 12.9. The van der Waals surface area contributed by atoms with Gasteiger partial charge in [-0.1, -0.05) is 36.4 Å². The summed E-state index contributed by atoms with van der Waals surface area (Å²) in [5.41, 5.74) is 8.09. The van der Waals surface area contributed by atoms with Gasteiger partial charge in [0.15, 0.2) is 0 Å². The number of rotatable bonds is 7. The van der Waals surface area contributed by atoms with Crippen molar-refractivity contribution < 1.29 is 18.7 Å². The number of benzene rings is 3. The van der Waals surface area contributed by atoms with Gasteiger partial charge in [-0.3, -0.25) is 4.79 Å². The van der Waals surface area contributed by atoms with Crippen LogP contribution in [0.1, 0.15) is 43.0 Å². The van der Waals surface area contributed by atoms with Crippen LogP contribution in [0.3, 0.4) is 0 Å². The number of aryl methyl sites for hydroxylation is 1. The van der Waals surface area contributed by atoms with Gasteiger partial charge < -0.3 is 18.8 Å². The van der Waals surface area contributed by atoms with Crippen molar-refractivity contribution >= 4 is 22.4 Å². The molecule has 5 nitrogen and oxygen atoms in total. The third-order valence-corrected chi connectivity index (χ3v) is 7.02. The molecule has 0 saturated heterocycles. The Labute approximate surface area is 218 Å². The quantitative estimate of drug-likeness (QED) is 0.255. The van der Waals surface area contributed by atoms with Crippen molar-refractivity contribution in [3.05, 3.63) is 89.2 Å². The van der Waals surface area contributed by atoms with E-state index in [4.69, 9.17) is 13.9 Å². The lowest BCUT2D eigenvalue weighted by molar-refractivity contribution is -0.126. The highest BCUT2D eigenvalue weighted by Gasteiger charge is 2.22. The van der Waals surface area contributed by atoms with E-state index in [9.17, 15) is 4.79 Å². The molecule has 5 rings (SSSR count). The summed E-state index contributed by atoms with van der Waals surface area (Å²) >= 11 is 0. The number of nitrogens with zero attached hydrogens (tertiary/aromatic N) is 1. The Morgan fingerprint density at radius 3 is 2.49 bits per heavy atom. The smallest absolute Gasteiger partial charge is 0.247 e. The van der Waals surface area contributed by atoms with E-state index in [1.807, 2.05) is 62.9 Å². The van der Waals surface area contributed by atoms with E-state index in [0.717, 1.165) is 63.3 Å². The third-order valence-electron chi connectivity index (χ3n) is 7.02. The summed E-state index contributed by atoms with van der Waals surface area (Å²) in [6.45, 7) is 10.5. The van der Waals surface area contributed by atoms with Crippen LogP contribution in [-0.2, 0) is 17.8 Å². The Hall–Kier alpha value is -3.99. The van der Waals surface area contributed by atoms with Crippen molar-refractivity contribution in [2.24, 2.45) is 0 Å². The lowest BCUT2D eigenvalue weighted by Gasteiger charge is -2.28. The molecule has 1 aromatic heterocycles. The van der Waals surface area contributed by atoms with Gasteiger partial charge in [-0.15, -0.1) is 0 Å². The molecule has 0 fully saturated rings. The van der Waals surface area contributed by atoms with Crippen molar-refractivity contribution in [2.45, 2.75) is 40.7 Å². The fraction of sp³-hybridized carbons (Fsp3) is 0.281. The number of amides is 1. The van der Waals surface area contributed by atoms with Crippen LogP contribution in [0.4, 0.5) is 0 Å². The molecule has 190 valence electrons. The molecular weight excluding hydrogens is 462 g/mol. The second-order valence-corrected chi connectivity index (χ2v) is 9.40. The first kappa shape index (κ1) is 24.7. The molecule has 1 aliphatic heterocycles. The number of hydrogen-bond acceptors (Lipinski definition) is 4. The molecule has 0 spiro atoms. The zero-order valence-corrected chi connectivity index (χ0v) is 22.0. The van der Waals surface area contributed by atoms with E-state index in [1.165, 1.54) is 11.1 Å². The first-order chi connectivity index (χ1) is 18.0. The van der Waals surface area contributed by atoms with E-state index in [2.05, 4.69) is 24.3 Å². The molecule has 0 radical (unpaired) electrons. The van der Waals surface area contributed by atoms with Crippen LogP contribution in [0.5, 0.6) is 11.5 Å². The van der Waals surface area contributed by atoms with Crippen molar-refractivity contribution in [2.75, 3.05) is 19.8 Å². The summed E-state index contributed by atoms with van der Waals surface area (Å²) in [4.78, 5) is 15.2. The van der Waals surface area contributed by atoms with Crippen LogP contribution < -0.4 is 9.47 Å². The maximum atomic E-state index is 13.3. The van der Waals surface area contributed by atoms with E-state index in [-0.39, 0.29) is 5.91 Å². The number of hydrogen-bond donors (Lipinski definition) is 0. The number of ether oxygens (including phenoxy) is 2. The van der Waals surface area contributed by atoms with Crippen LogP contribution in [-0.4, -0.2) is 30.6 Å². The van der Waals surface area contributed by atoms with Gasteiger partial charge in [-0.05, 0) is 74.6 Å². The monoisotopic (exact) mass is 495 g/mol. The normalized spacial score (nSPS) is 13.5. The average Bonchev–Trinajstić information content (AvgIpc) is 3.35. The van der Waals surface area contributed by atoms with Crippen molar-refractivity contribution in [1.29, 1.82) is 0 Å². The summed E-state index contributed by atoms with van der Waals surface area (Å²) in [5.74, 6) is 1.62. The van der Waals surface area contributed by atoms with Crippen LogP contribution >= 0.6 is 0 Å². The van der Waals surface area contributed by atoms with Crippen molar-refractivity contribution in [3.8, 4) is 22.6 Å². The van der Waals surface area contributed by atoms with Crippen LogP contribution in [0, 0.1) is 6.92 Å². The van der Waals surface area contributed by atoms with Crippen molar-refractivity contribution in [3.63, 3.8) is 0 Å². The number of allylic oxidation sites excluding steroid dienone is 1. The molecule has 4 aromatic rings. The minimum atomic E-state index is 0.0196. The summed E-state index contributed by atoms with van der Waals surface area (Å²) in [7, 11) is 0. The number of carbonyl (C=O) groups is 1. The minimum absolute atomic E-state index is 0.0196. The lowest BCUT2D eigenvalue weighted by Crippen LogP contribution is -2.34. The second kappa shape index (κ2) is 10.6. The van der Waals surface area contributed by atoms with Gasteiger partial charge in [0, 0.05) is 41.2 Å². The molecule has 0 aliphatic carbocycles. The summed E-state index contributed by atoms with van der Waals surface area (Å²) < 4.78 is 17.7. The predicted octanol–water partition coefficient (Wildman–Crippen LogP) is 7.19. The first-order valence-electron chi connectivity index (χ1n) is 12.9. The fourth-order valence-corrected chi connectivity index (χ4v) is 5.10. The molecule has 0 atom stereocenters. The molecule has 0 N–H and O–H groups in total. The van der Waals surface area contributed by atoms with Crippen LogP contribution in [0.25, 0.3) is 27.7 Å².